The first kappa shape index (κ1) is 6.61. The lowest BCUT2D eigenvalue weighted by Gasteiger charge is -1.80. The summed E-state index contributed by atoms with van der Waals surface area (Å²) >= 11 is 5.45. The van der Waals surface area contributed by atoms with Crippen LogP contribution in [0.3, 0.4) is 0 Å². The first-order valence-corrected chi connectivity index (χ1v) is 4.45. The van der Waals surface area contributed by atoms with Crippen molar-refractivity contribution in [3.63, 3.8) is 0 Å². The summed E-state index contributed by atoms with van der Waals surface area (Å²) in [6.45, 7) is 0. The van der Waals surface area contributed by atoms with Gasteiger partial charge in [-0.05, 0) is 28.1 Å². The number of rotatable bonds is 1. The van der Waals surface area contributed by atoms with Crippen molar-refractivity contribution >= 4 is 38.5 Å². The van der Waals surface area contributed by atoms with E-state index in [0.29, 0.717) is 0 Å². The SMILES string of the molecule is Brc1ccc(CI)o1. The molecule has 1 aromatic heterocycles. The second-order valence-corrected chi connectivity index (χ2v) is 2.88. The largest absolute Gasteiger partial charge is 0.454 e. The van der Waals surface area contributed by atoms with Crippen molar-refractivity contribution in [1.82, 2.24) is 0 Å². The lowest BCUT2D eigenvalue weighted by Crippen LogP contribution is -1.62. The van der Waals surface area contributed by atoms with Crippen LogP contribution in [0, 0.1) is 0 Å². The van der Waals surface area contributed by atoms with E-state index in [1.807, 2.05) is 12.1 Å². The van der Waals surface area contributed by atoms with Crippen molar-refractivity contribution in [1.29, 1.82) is 0 Å². The van der Waals surface area contributed by atoms with E-state index in [4.69, 9.17) is 4.42 Å². The predicted octanol–water partition coefficient (Wildman–Crippen LogP) is 2.98. The molecule has 0 saturated carbocycles. The molecule has 1 rings (SSSR count). The highest BCUT2D eigenvalue weighted by atomic mass is 127. The molecule has 1 nitrogen and oxygen atoms in total. The third-order valence-electron chi connectivity index (χ3n) is 0.761. The highest BCUT2D eigenvalue weighted by Gasteiger charge is 1.93. The molecule has 0 amide bonds. The maximum atomic E-state index is 5.14. The maximum Gasteiger partial charge on any atom is 0.169 e. The Hall–Kier alpha value is 0.490. The van der Waals surface area contributed by atoms with E-state index >= 15 is 0 Å². The summed E-state index contributed by atoms with van der Waals surface area (Å²) in [5.74, 6) is 1.01. The number of halogens is 2. The Labute approximate surface area is 69.7 Å². The fraction of sp³-hybridized carbons (Fsp3) is 0.200. The molecule has 0 aliphatic rings. The molecule has 0 atom stereocenters. The Morgan fingerprint density at radius 1 is 1.62 bits per heavy atom. The lowest BCUT2D eigenvalue weighted by atomic mass is 10.5. The maximum absolute atomic E-state index is 5.14. The van der Waals surface area contributed by atoms with Crippen molar-refractivity contribution in [2.45, 2.75) is 4.43 Å². The highest BCUT2D eigenvalue weighted by Crippen LogP contribution is 2.15. The number of hydrogen-bond donors (Lipinski definition) is 0. The lowest BCUT2D eigenvalue weighted by molar-refractivity contribution is 0.509. The summed E-state index contributed by atoms with van der Waals surface area (Å²) in [5, 5.41) is 0. The Kier molecular flexibility index (Phi) is 2.37. The van der Waals surface area contributed by atoms with Gasteiger partial charge in [-0.15, -0.1) is 0 Å². The second kappa shape index (κ2) is 2.87. The van der Waals surface area contributed by atoms with Crippen LogP contribution in [0.5, 0.6) is 0 Å². The van der Waals surface area contributed by atoms with Crippen molar-refractivity contribution < 1.29 is 4.42 Å². The van der Waals surface area contributed by atoms with Gasteiger partial charge in [0.2, 0.25) is 0 Å². The molecule has 0 unspecified atom stereocenters. The number of alkyl halides is 1. The average Bonchev–Trinajstić information content (AvgIpc) is 2.14. The van der Waals surface area contributed by atoms with Gasteiger partial charge >= 0.3 is 0 Å². The first-order chi connectivity index (χ1) is 3.83. The van der Waals surface area contributed by atoms with Crippen molar-refractivity contribution in [2.75, 3.05) is 0 Å². The number of furan rings is 1. The van der Waals surface area contributed by atoms with Crippen LogP contribution in [0.1, 0.15) is 5.76 Å². The normalized spacial score (nSPS) is 9.75. The molecule has 0 aromatic carbocycles. The molecular weight excluding hydrogens is 283 g/mol. The fourth-order valence-electron chi connectivity index (χ4n) is 0.424. The molecule has 0 aliphatic carbocycles. The Bertz CT molecular complexity index is 173. The summed E-state index contributed by atoms with van der Waals surface area (Å²) < 4.78 is 6.89. The van der Waals surface area contributed by atoms with E-state index in [-0.39, 0.29) is 0 Å². The molecular formula is C5H4BrIO. The molecule has 0 bridgehead atoms. The van der Waals surface area contributed by atoms with E-state index in [0.717, 1.165) is 14.9 Å². The van der Waals surface area contributed by atoms with Crippen LogP contribution in [0.25, 0.3) is 0 Å². The standard InChI is InChI=1S/C5H4BrIO/c6-5-2-1-4(3-7)8-5/h1-2H,3H2. The van der Waals surface area contributed by atoms with Gasteiger partial charge in [0.1, 0.15) is 5.76 Å². The predicted molar refractivity (Wildman–Crippen MR) is 44.1 cm³/mol. The molecule has 0 radical (unpaired) electrons. The fourth-order valence-corrected chi connectivity index (χ4v) is 1.17. The summed E-state index contributed by atoms with van der Waals surface area (Å²) in [4.78, 5) is 0. The Balaban J connectivity index is 2.84. The topological polar surface area (TPSA) is 13.1 Å². The zero-order valence-corrected chi connectivity index (χ0v) is 7.77. The third-order valence-corrected chi connectivity index (χ3v) is 1.94. The monoisotopic (exact) mass is 286 g/mol. The molecule has 0 aliphatic heterocycles. The zero-order valence-electron chi connectivity index (χ0n) is 4.03. The van der Waals surface area contributed by atoms with E-state index in [1.165, 1.54) is 0 Å². The molecule has 1 aromatic rings. The van der Waals surface area contributed by atoms with Crippen molar-refractivity contribution in [2.24, 2.45) is 0 Å². The van der Waals surface area contributed by atoms with Crippen LogP contribution in [0.4, 0.5) is 0 Å². The first-order valence-electron chi connectivity index (χ1n) is 2.13. The minimum Gasteiger partial charge on any atom is -0.454 e. The average molecular weight is 287 g/mol. The second-order valence-electron chi connectivity index (χ2n) is 1.34. The van der Waals surface area contributed by atoms with Crippen LogP contribution >= 0.6 is 38.5 Å². The van der Waals surface area contributed by atoms with Gasteiger partial charge in [0.15, 0.2) is 4.67 Å². The van der Waals surface area contributed by atoms with Gasteiger partial charge in [-0.1, -0.05) is 22.6 Å². The summed E-state index contributed by atoms with van der Waals surface area (Å²) in [7, 11) is 0. The van der Waals surface area contributed by atoms with Gasteiger partial charge in [0.05, 0.1) is 4.43 Å². The van der Waals surface area contributed by atoms with Crippen LogP contribution in [0.15, 0.2) is 21.2 Å². The zero-order chi connectivity index (χ0) is 5.98. The Morgan fingerprint density at radius 2 is 2.38 bits per heavy atom. The number of hydrogen-bond acceptors (Lipinski definition) is 1. The summed E-state index contributed by atoms with van der Waals surface area (Å²) in [5.41, 5.74) is 0. The van der Waals surface area contributed by atoms with Gasteiger partial charge in [-0.3, -0.25) is 0 Å². The third kappa shape index (κ3) is 1.48. The van der Waals surface area contributed by atoms with Crippen molar-refractivity contribution in [3.05, 3.63) is 22.6 Å². The quantitative estimate of drug-likeness (QED) is 0.571. The van der Waals surface area contributed by atoms with E-state index in [1.54, 1.807) is 0 Å². The Morgan fingerprint density at radius 3 is 2.62 bits per heavy atom. The summed E-state index contributed by atoms with van der Waals surface area (Å²) in [6.07, 6.45) is 0. The molecule has 0 fully saturated rings. The molecule has 1 heterocycles. The van der Waals surface area contributed by atoms with Crippen LogP contribution in [-0.2, 0) is 4.43 Å². The van der Waals surface area contributed by atoms with Gasteiger partial charge in [0.25, 0.3) is 0 Å². The van der Waals surface area contributed by atoms with Crippen LogP contribution in [0.2, 0.25) is 0 Å². The van der Waals surface area contributed by atoms with E-state index in [2.05, 4.69) is 38.5 Å². The van der Waals surface area contributed by atoms with Gasteiger partial charge in [-0.2, -0.15) is 0 Å². The molecule has 44 valence electrons. The van der Waals surface area contributed by atoms with Gasteiger partial charge in [-0.25, -0.2) is 0 Å². The van der Waals surface area contributed by atoms with Crippen molar-refractivity contribution in [3.8, 4) is 0 Å². The molecule has 3 heteroatoms. The highest BCUT2D eigenvalue weighted by molar-refractivity contribution is 14.1. The van der Waals surface area contributed by atoms with Gasteiger partial charge in [0, 0.05) is 0 Å². The summed E-state index contributed by atoms with van der Waals surface area (Å²) in [6, 6.07) is 3.85. The van der Waals surface area contributed by atoms with E-state index in [9.17, 15) is 0 Å². The van der Waals surface area contributed by atoms with Crippen LogP contribution in [-0.4, -0.2) is 0 Å². The van der Waals surface area contributed by atoms with Gasteiger partial charge < -0.3 is 4.42 Å². The van der Waals surface area contributed by atoms with Crippen LogP contribution < -0.4 is 0 Å². The molecule has 0 saturated heterocycles. The smallest absolute Gasteiger partial charge is 0.169 e. The molecule has 0 spiro atoms. The van der Waals surface area contributed by atoms with E-state index < -0.39 is 0 Å². The minimum atomic E-state index is 0.809. The molecule has 8 heavy (non-hydrogen) atoms. The molecule has 0 N–H and O–H groups in total. The minimum absolute atomic E-state index is 0.809.